The van der Waals surface area contributed by atoms with E-state index in [0.29, 0.717) is 0 Å². The summed E-state index contributed by atoms with van der Waals surface area (Å²) in [7, 11) is -4.33. The average Bonchev–Trinajstić information content (AvgIpc) is 2.88. The van der Waals surface area contributed by atoms with Crippen LogP contribution in [-0.4, -0.2) is 20.5 Å². The summed E-state index contributed by atoms with van der Waals surface area (Å²) in [5.74, 6) is -1.97. The molecule has 0 saturated heterocycles. The van der Waals surface area contributed by atoms with Gasteiger partial charge < -0.3 is 4.74 Å². The maximum Gasteiger partial charge on any atom is 0.264 e. The highest BCUT2D eigenvalue weighted by atomic mass is 32.2. The second kappa shape index (κ2) is 7.16. The van der Waals surface area contributed by atoms with Gasteiger partial charge in [-0.25, -0.2) is 26.3 Å². The molecule has 1 aliphatic rings. The lowest BCUT2D eigenvalue weighted by atomic mass is 10.1. The van der Waals surface area contributed by atoms with Gasteiger partial charge >= 0.3 is 0 Å². The molecule has 0 fully saturated rings. The van der Waals surface area contributed by atoms with Crippen LogP contribution in [0.15, 0.2) is 35.2 Å². The van der Waals surface area contributed by atoms with Crippen LogP contribution >= 0.6 is 0 Å². The Morgan fingerprint density at radius 2 is 2.00 bits per heavy atom. The van der Waals surface area contributed by atoms with E-state index in [-0.39, 0.29) is 28.2 Å². The number of hydrogen-bond donors (Lipinski definition) is 1. The first-order valence-electron chi connectivity index (χ1n) is 7.98. The Bertz CT molecular complexity index is 1110. The third-order valence-corrected chi connectivity index (χ3v) is 5.58. The van der Waals surface area contributed by atoms with Gasteiger partial charge in [-0.3, -0.25) is 4.79 Å². The van der Waals surface area contributed by atoms with E-state index < -0.39 is 45.4 Å². The molecular formula is C18H13F3N2O4S. The lowest BCUT2D eigenvalue weighted by Crippen LogP contribution is -2.29. The molecule has 0 spiro atoms. The fourth-order valence-electron chi connectivity index (χ4n) is 3.01. The molecule has 28 heavy (non-hydrogen) atoms. The number of alkyl halides is 2. The number of carbonyl (C=O) groups is 1. The van der Waals surface area contributed by atoms with Crippen LogP contribution < -0.4 is 9.46 Å². The summed E-state index contributed by atoms with van der Waals surface area (Å²) in [4.78, 5) is 10.7. The Balaban J connectivity index is 2.11. The molecule has 1 aliphatic carbocycles. The Kier molecular flexibility index (Phi) is 5.04. The molecule has 2 aromatic carbocycles. The minimum atomic E-state index is -4.33. The molecular weight excluding hydrogens is 397 g/mol. The van der Waals surface area contributed by atoms with Crippen molar-refractivity contribution in [2.75, 3.05) is 0 Å². The van der Waals surface area contributed by atoms with Gasteiger partial charge in [0.1, 0.15) is 23.5 Å². The van der Waals surface area contributed by atoms with Gasteiger partial charge in [0.15, 0.2) is 6.17 Å². The zero-order valence-electron chi connectivity index (χ0n) is 14.4. The van der Waals surface area contributed by atoms with E-state index in [1.54, 1.807) is 10.8 Å². The minimum absolute atomic E-state index is 0.0448. The van der Waals surface area contributed by atoms with Crippen LogP contribution in [0.2, 0.25) is 0 Å². The molecule has 0 heterocycles. The van der Waals surface area contributed by atoms with Gasteiger partial charge in [-0.15, -0.1) is 0 Å². The van der Waals surface area contributed by atoms with E-state index >= 15 is 0 Å². The second-order valence-electron chi connectivity index (χ2n) is 6.13. The van der Waals surface area contributed by atoms with Crippen LogP contribution in [-0.2, 0) is 21.2 Å². The number of ether oxygens (including phenoxy) is 1. The normalized spacial score (nSPS) is 18.2. The van der Waals surface area contributed by atoms with Crippen molar-refractivity contribution in [3.05, 3.63) is 52.8 Å². The number of halogens is 3. The zero-order valence-corrected chi connectivity index (χ0v) is 15.2. The largest absolute Gasteiger partial charge is 0.457 e. The molecule has 0 bridgehead atoms. The fraction of sp³-hybridized carbons (Fsp3) is 0.222. The number of nitrogens with one attached hydrogen (secondary N) is 1. The predicted octanol–water partition coefficient (Wildman–Crippen LogP) is 3.22. The molecule has 2 aromatic rings. The van der Waals surface area contributed by atoms with Crippen molar-refractivity contribution in [2.45, 2.75) is 30.6 Å². The number of amides is 1. The summed E-state index contributed by atoms with van der Waals surface area (Å²) in [5.41, 5.74) is -0.540. The van der Waals surface area contributed by atoms with Gasteiger partial charge in [0.25, 0.3) is 10.0 Å². The van der Waals surface area contributed by atoms with Gasteiger partial charge in [0.05, 0.1) is 16.5 Å². The fourth-order valence-corrected chi connectivity index (χ4v) is 4.27. The van der Waals surface area contributed by atoms with Crippen molar-refractivity contribution < 1.29 is 31.1 Å². The number of rotatable bonds is 4. The molecule has 6 nitrogen and oxygen atoms in total. The molecule has 146 valence electrons. The predicted molar refractivity (Wildman–Crippen MR) is 91.1 cm³/mol. The van der Waals surface area contributed by atoms with Crippen molar-refractivity contribution in [3.8, 4) is 17.6 Å². The van der Waals surface area contributed by atoms with Gasteiger partial charge in [0, 0.05) is 25.0 Å². The average molecular weight is 410 g/mol. The first-order chi connectivity index (χ1) is 13.1. The summed E-state index contributed by atoms with van der Waals surface area (Å²) in [6.07, 6.45) is -4.70. The highest BCUT2D eigenvalue weighted by Gasteiger charge is 2.40. The summed E-state index contributed by atoms with van der Waals surface area (Å²) in [6.45, 7) is 0.988. The standard InChI is InChI=1S/C18H13F3N2O4S/c1-9(24)23-28(25,26)16-3-2-15(17-13(16)7-14(20)18(17)21)27-12-5-10(8-22)4-11(19)6-12/h2-6,14,18H,7H2,1H3,(H,23,24)/t14-,18+/m0/s1. The number of sulfonamides is 1. The third-order valence-electron chi connectivity index (χ3n) is 4.06. The number of nitriles is 1. The second-order valence-corrected chi connectivity index (χ2v) is 7.78. The summed E-state index contributed by atoms with van der Waals surface area (Å²) < 4.78 is 73.9. The van der Waals surface area contributed by atoms with E-state index in [0.717, 1.165) is 31.2 Å². The van der Waals surface area contributed by atoms with Crippen LogP contribution in [0.3, 0.4) is 0 Å². The molecule has 0 unspecified atom stereocenters. The maximum atomic E-state index is 14.5. The SMILES string of the molecule is CC(=O)NS(=O)(=O)c1ccc(Oc2cc(F)cc(C#N)c2)c2c1C[C@H](F)[C@H]2F. The van der Waals surface area contributed by atoms with Crippen molar-refractivity contribution in [1.82, 2.24) is 4.72 Å². The first kappa shape index (κ1) is 19.7. The monoisotopic (exact) mass is 410 g/mol. The Labute approximate surface area is 158 Å². The van der Waals surface area contributed by atoms with E-state index in [4.69, 9.17) is 10.00 Å². The molecule has 3 rings (SSSR count). The van der Waals surface area contributed by atoms with E-state index in [1.165, 1.54) is 6.07 Å². The smallest absolute Gasteiger partial charge is 0.264 e. The lowest BCUT2D eigenvalue weighted by Gasteiger charge is -2.15. The molecule has 0 aliphatic heterocycles. The van der Waals surface area contributed by atoms with Crippen LogP contribution in [0, 0.1) is 17.1 Å². The molecule has 1 N–H and O–H groups in total. The molecule has 10 heteroatoms. The van der Waals surface area contributed by atoms with Crippen LogP contribution in [0.5, 0.6) is 11.5 Å². The summed E-state index contributed by atoms with van der Waals surface area (Å²) >= 11 is 0. The number of benzene rings is 2. The molecule has 0 saturated carbocycles. The van der Waals surface area contributed by atoms with E-state index in [2.05, 4.69) is 0 Å². The highest BCUT2D eigenvalue weighted by Crippen LogP contribution is 2.45. The van der Waals surface area contributed by atoms with E-state index in [1.807, 2.05) is 0 Å². The van der Waals surface area contributed by atoms with Crippen LogP contribution in [0.25, 0.3) is 0 Å². The third kappa shape index (κ3) is 3.66. The molecule has 0 radical (unpaired) electrons. The number of fused-ring (bicyclic) bond motifs is 1. The zero-order chi connectivity index (χ0) is 20.6. The van der Waals surface area contributed by atoms with Gasteiger partial charge in [-0.2, -0.15) is 5.26 Å². The maximum absolute atomic E-state index is 14.5. The first-order valence-corrected chi connectivity index (χ1v) is 9.46. The van der Waals surface area contributed by atoms with E-state index in [9.17, 15) is 26.4 Å². The Morgan fingerprint density at radius 3 is 2.64 bits per heavy atom. The summed E-state index contributed by atoms with van der Waals surface area (Å²) in [6, 6.07) is 7.00. The quantitative estimate of drug-likeness (QED) is 0.835. The highest BCUT2D eigenvalue weighted by molar-refractivity contribution is 7.90. The van der Waals surface area contributed by atoms with Crippen LogP contribution in [0.4, 0.5) is 13.2 Å². The lowest BCUT2D eigenvalue weighted by molar-refractivity contribution is -0.117. The Morgan fingerprint density at radius 1 is 1.29 bits per heavy atom. The number of nitrogens with zero attached hydrogens (tertiary/aromatic N) is 1. The minimum Gasteiger partial charge on any atom is -0.457 e. The number of carbonyl (C=O) groups excluding carboxylic acids is 1. The topological polar surface area (TPSA) is 96.3 Å². The molecule has 0 aromatic heterocycles. The Hall–Kier alpha value is -3.06. The van der Waals surface area contributed by atoms with Crippen molar-refractivity contribution in [3.63, 3.8) is 0 Å². The van der Waals surface area contributed by atoms with Gasteiger partial charge in [-0.05, 0) is 29.8 Å². The van der Waals surface area contributed by atoms with Gasteiger partial charge in [0.2, 0.25) is 5.91 Å². The number of hydrogen-bond acceptors (Lipinski definition) is 5. The van der Waals surface area contributed by atoms with Gasteiger partial charge in [-0.1, -0.05) is 0 Å². The van der Waals surface area contributed by atoms with Crippen molar-refractivity contribution in [2.24, 2.45) is 0 Å². The van der Waals surface area contributed by atoms with Crippen molar-refractivity contribution in [1.29, 1.82) is 5.26 Å². The van der Waals surface area contributed by atoms with Crippen molar-refractivity contribution >= 4 is 15.9 Å². The van der Waals surface area contributed by atoms with Crippen LogP contribution in [0.1, 0.15) is 29.8 Å². The summed E-state index contributed by atoms with van der Waals surface area (Å²) in [5, 5.41) is 8.90. The molecule has 1 amide bonds. The molecule has 2 atom stereocenters.